The third kappa shape index (κ3) is 4.20. The van der Waals surface area contributed by atoms with Crippen LogP contribution in [0, 0.1) is 5.41 Å². The van der Waals surface area contributed by atoms with E-state index in [0.717, 1.165) is 0 Å². The first-order valence-corrected chi connectivity index (χ1v) is 4.92. The van der Waals surface area contributed by atoms with Gasteiger partial charge in [0.1, 0.15) is 5.70 Å². The van der Waals surface area contributed by atoms with Gasteiger partial charge in [0.2, 0.25) is 0 Å². The highest BCUT2D eigenvalue weighted by atomic mass is 16.1. The normalized spacial score (nSPS) is 14.7. The summed E-state index contributed by atoms with van der Waals surface area (Å²) in [5.74, 6) is 5.47. The van der Waals surface area contributed by atoms with Crippen molar-refractivity contribution in [2.24, 2.45) is 17.0 Å². The standard InChI is InChI=1S/C10H22N4O/c1-7(10(2,3)4)14(12)6-8(11)9(15)13-5/h6-7H,11-12H2,1-5H3,(H,13,15)/b8-6-. The molecule has 1 amide bonds. The van der Waals surface area contributed by atoms with Crippen LogP contribution in [0.15, 0.2) is 11.9 Å². The predicted octanol–water partition coefficient (Wildman–Crippen LogP) is 0.143. The van der Waals surface area contributed by atoms with Crippen LogP contribution in [0.5, 0.6) is 0 Å². The summed E-state index contributed by atoms with van der Waals surface area (Å²) in [6, 6.07) is 0.0840. The maximum Gasteiger partial charge on any atom is 0.268 e. The molecule has 5 heteroatoms. The minimum atomic E-state index is -0.327. The van der Waals surface area contributed by atoms with E-state index in [-0.39, 0.29) is 23.1 Å². The number of rotatable bonds is 3. The van der Waals surface area contributed by atoms with Crippen molar-refractivity contribution in [2.45, 2.75) is 33.7 Å². The Hall–Kier alpha value is -1.23. The second kappa shape index (κ2) is 5.02. The van der Waals surface area contributed by atoms with E-state index in [1.807, 2.05) is 6.92 Å². The van der Waals surface area contributed by atoms with Crippen molar-refractivity contribution < 1.29 is 4.79 Å². The number of hydrogen-bond donors (Lipinski definition) is 3. The van der Waals surface area contributed by atoms with Gasteiger partial charge in [0, 0.05) is 19.3 Å². The van der Waals surface area contributed by atoms with E-state index in [1.54, 1.807) is 0 Å². The number of carbonyl (C=O) groups excluding carboxylic acids is 1. The molecule has 1 unspecified atom stereocenters. The van der Waals surface area contributed by atoms with Crippen LogP contribution in [-0.2, 0) is 4.79 Å². The summed E-state index contributed by atoms with van der Waals surface area (Å²) in [6.07, 6.45) is 1.45. The van der Waals surface area contributed by atoms with E-state index in [1.165, 1.54) is 18.3 Å². The van der Waals surface area contributed by atoms with Gasteiger partial charge < -0.3 is 16.1 Å². The quantitative estimate of drug-likeness (QED) is 0.354. The lowest BCUT2D eigenvalue weighted by Crippen LogP contribution is -2.44. The second-order valence-corrected chi connectivity index (χ2v) is 4.65. The van der Waals surface area contributed by atoms with Crippen LogP contribution in [0.25, 0.3) is 0 Å². The summed E-state index contributed by atoms with van der Waals surface area (Å²) in [5, 5.41) is 3.90. The van der Waals surface area contributed by atoms with Crippen LogP contribution < -0.4 is 16.9 Å². The van der Waals surface area contributed by atoms with Gasteiger partial charge in [-0.15, -0.1) is 0 Å². The minimum Gasteiger partial charge on any atom is -0.393 e. The lowest BCUT2D eigenvalue weighted by atomic mass is 9.88. The van der Waals surface area contributed by atoms with Crippen LogP contribution in [-0.4, -0.2) is 24.0 Å². The lowest BCUT2D eigenvalue weighted by Gasteiger charge is -2.34. The van der Waals surface area contributed by atoms with Crippen LogP contribution in [0.1, 0.15) is 27.7 Å². The van der Waals surface area contributed by atoms with Gasteiger partial charge in [-0.25, -0.2) is 5.84 Å². The summed E-state index contributed by atoms with van der Waals surface area (Å²) in [4.78, 5) is 11.1. The Bertz CT molecular complexity index is 255. The predicted molar refractivity (Wildman–Crippen MR) is 61.3 cm³/mol. The van der Waals surface area contributed by atoms with Crippen molar-refractivity contribution in [3.05, 3.63) is 11.9 Å². The summed E-state index contributed by atoms with van der Waals surface area (Å²) in [6.45, 7) is 8.19. The summed E-state index contributed by atoms with van der Waals surface area (Å²) < 4.78 is 0. The molecule has 0 aromatic rings. The number of nitrogens with one attached hydrogen (secondary N) is 1. The number of amides is 1. The third-order valence-electron chi connectivity index (χ3n) is 2.48. The van der Waals surface area contributed by atoms with Crippen LogP contribution in [0.4, 0.5) is 0 Å². The molecule has 15 heavy (non-hydrogen) atoms. The SMILES string of the molecule is CNC(=O)/C(N)=C/N(N)C(C)C(C)(C)C. The molecule has 0 radical (unpaired) electrons. The molecule has 0 saturated heterocycles. The van der Waals surface area contributed by atoms with E-state index in [2.05, 4.69) is 26.1 Å². The Balaban J connectivity index is 4.61. The Kier molecular flexibility index (Phi) is 4.61. The fraction of sp³-hybridized carbons (Fsp3) is 0.700. The van der Waals surface area contributed by atoms with Crippen molar-refractivity contribution in [3.8, 4) is 0 Å². The van der Waals surface area contributed by atoms with Crippen molar-refractivity contribution >= 4 is 5.91 Å². The zero-order valence-electron chi connectivity index (χ0n) is 10.2. The largest absolute Gasteiger partial charge is 0.393 e. The molecule has 0 aromatic carbocycles. The molecular weight excluding hydrogens is 192 g/mol. The second-order valence-electron chi connectivity index (χ2n) is 4.65. The molecule has 0 aliphatic rings. The summed E-state index contributed by atoms with van der Waals surface area (Å²) in [5.41, 5.74) is 5.67. The molecule has 0 aliphatic carbocycles. The highest BCUT2D eigenvalue weighted by molar-refractivity contribution is 5.91. The minimum absolute atomic E-state index is 0.0220. The maximum absolute atomic E-state index is 11.1. The first-order chi connectivity index (χ1) is 6.70. The maximum atomic E-state index is 11.1. The molecule has 0 aliphatic heterocycles. The lowest BCUT2D eigenvalue weighted by molar-refractivity contribution is -0.117. The van der Waals surface area contributed by atoms with Crippen molar-refractivity contribution in [1.29, 1.82) is 0 Å². The Morgan fingerprint density at radius 1 is 1.47 bits per heavy atom. The average Bonchev–Trinajstić information content (AvgIpc) is 2.13. The van der Waals surface area contributed by atoms with Crippen molar-refractivity contribution in [3.63, 3.8) is 0 Å². The van der Waals surface area contributed by atoms with Crippen molar-refractivity contribution in [1.82, 2.24) is 10.3 Å². The van der Waals surface area contributed by atoms with E-state index >= 15 is 0 Å². The van der Waals surface area contributed by atoms with Gasteiger partial charge in [-0.05, 0) is 12.3 Å². The molecule has 5 N–H and O–H groups in total. The molecule has 1 atom stereocenters. The number of nitrogens with zero attached hydrogens (tertiary/aromatic N) is 1. The number of carbonyl (C=O) groups is 1. The van der Waals surface area contributed by atoms with Crippen molar-refractivity contribution in [2.75, 3.05) is 7.05 Å². The number of hydrogen-bond acceptors (Lipinski definition) is 4. The van der Waals surface area contributed by atoms with Gasteiger partial charge in [0.15, 0.2) is 0 Å². The summed E-state index contributed by atoms with van der Waals surface area (Å²) >= 11 is 0. The number of likely N-dealkylation sites (N-methyl/N-ethyl adjacent to an activating group) is 1. The topological polar surface area (TPSA) is 84.4 Å². The highest BCUT2D eigenvalue weighted by Gasteiger charge is 2.23. The van der Waals surface area contributed by atoms with E-state index in [4.69, 9.17) is 11.6 Å². The van der Waals surface area contributed by atoms with E-state index in [0.29, 0.717) is 0 Å². The van der Waals surface area contributed by atoms with Gasteiger partial charge in [0.25, 0.3) is 5.91 Å². The Labute approximate surface area is 91.5 Å². The smallest absolute Gasteiger partial charge is 0.268 e. The average molecular weight is 214 g/mol. The fourth-order valence-corrected chi connectivity index (χ4v) is 0.923. The zero-order valence-corrected chi connectivity index (χ0v) is 10.2. The number of nitrogens with two attached hydrogens (primary N) is 2. The van der Waals surface area contributed by atoms with Crippen LogP contribution >= 0.6 is 0 Å². The van der Waals surface area contributed by atoms with E-state index < -0.39 is 0 Å². The van der Waals surface area contributed by atoms with E-state index in [9.17, 15) is 4.79 Å². The molecule has 88 valence electrons. The first kappa shape index (κ1) is 13.8. The number of hydrazine groups is 1. The van der Waals surface area contributed by atoms with Gasteiger partial charge in [-0.1, -0.05) is 20.8 Å². The monoisotopic (exact) mass is 214 g/mol. The summed E-state index contributed by atoms with van der Waals surface area (Å²) in [7, 11) is 1.52. The molecule has 0 heterocycles. The Morgan fingerprint density at radius 3 is 2.27 bits per heavy atom. The first-order valence-electron chi connectivity index (χ1n) is 4.92. The zero-order chi connectivity index (χ0) is 12.2. The molecule has 0 aromatic heterocycles. The Morgan fingerprint density at radius 2 is 1.93 bits per heavy atom. The van der Waals surface area contributed by atoms with Gasteiger partial charge in [0.05, 0.1) is 0 Å². The molecule has 0 bridgehead atoms. The van der Waals surface area contributed by atoms with Crippen LogP contribution in [0.3, 0.4) is 0 Å². The molecule has 0 fully saturated rings. The molecule has 0 spiro atoms. The highest BCUT2D eigenvalue weighted by Crippen LogP contribution is 2.22. The molecule has 5 nitrogen and oxygen atoms in total. The van der Waals surface area contributed by atoms with Gasteiger partial charge in [-0.2, -0.15) is 0 Å². The van der Waals surface area contributed by atoms with Gasteiger partial charge in [-0.3, -0.25) is 4.79 Å². The molecule has 0 rings (SSSR count). The third-order valence-corrected chi connectivity index (χ3v) is 2.48. The molecule has 0 saturated carbocycles. The fourth-order valence-electron chi connectivity index (χ4n) is 0.923. The van der Waals surface area contributed by atoms with Crippen LogP contribution in [0.2, 0.25) is 0 Å². The van der Waals surface area contributed by atoms with Gasteiger partial charge >= 0.3 is 0 Å². The molecular formula is C10H22N4O.